The van der Waals surface area contributed by atoms with Crippen LogP contribution < -0.4 is 4.72 Å². The first kappa shape index (κ1) is 26.3. The second kappa shape index (κ2) is 10.3. The minimum atomic E-state index is -3.93. The molecule has 8 heteroatoms. The van der Waals surface area contributed by atoms with Gasteiger partial charge in [0, 0.05) is 6.42 Å². The number of carbonyl (C=O) groups excluding carboxylic acids is 1. The van der Waals surface area contributed by atoms with Crippen LogP contribution in [0.15, 0.2) is 59.5 Å². The van der Waals surface area contributed by atoms with Gasteiger partial charge in [-0.25, -0.2) is 8.42 Å². The minimum absolute atomic E-state index is 0.0534. The first-order valence-electron chi connectivity index (χ1n) is 10.7. The largest absolute Gasteiger partial charge is 0.468 e. The molecule has 0 fully saturated rings. The SMILES string of the molecule is COC(=O)[C@H](CC(O[Si](C)(C)C(C)(C)C)c1ccccc1)NS(=O)(=O)c1ccc(C)cc1. The van der Waals surface area contributed by atoms with E-state index in [0.717, 1.165) is 11.1 Å². The number of aryl methyl sites for hydroxylation is 1. The van der Waals surface area contributed by atoms with Gasteiger partial charge in [-0.3, -0.25) is 4.79 Å². The summed E-state index contributed by atoms with van der Waals surface area (Å²) in [6.07, 6.45) is -0.351. The Bertz CT molecular complexity index is 999. The van der Waals surface area contributed by atoms with Crippen molar-refractivity contribution in [3.63, 3.8) is 0 Å². The van der Waals surface area contributed by atoms with Crippen molar-refractivity contribution in [2.24, 2.45) is 0 Å². The smallest absolute Gasteiger partial charge is 0.324 e. The molecule has 0 aliphatic rings. The molecular weight excluding hydrogens is 442 g/mol. The molecule has 32 heavy (non-hydrogen) atoms. The third-order valence-electron chi connectivity index (χ3n) is 5.98. The average Bonchev–Trinajstić information content (AvgIpc) is 2.72. The van der Waals surface area contributed by atoms with E-state index in [9.17, 15) is 13.2 Å². The monoisotopic (exact) mass is 477 g/mol. The van der Waals surface area contributed by atoms with E-state index < -0.39 is 36.5 Å². The molecule has 0 bridgehead atoms. The van der Waals surface area contributed by atoms with Crippen LogP contribution in [0.1, 0.15) is 44.4 Å². The predicted octanol–water partition coefficient (Wildman–Crippen LogP) is 4.97. The van der Waals surface area contributed by atoms with Crippen molar-refractivity contribution >= 4 is 24.3 Å². The van der Waals surface area contributed by atoms with Crippen LogP contribution >= 0.6 is 0 Å². The average molecular weight is 478 g/mol. The van der Waals surface area contributed by atoms with E-state index in [1.165, 1.54) is 19.2 Å². The fourth-order valence-corrected chi connectivity index (χ4v) is 5.47. The number of sulfonamides is 1. The first-order chi connectivity index (χ1) is 14.8. The lowest BCUT2D eigenvalue weighted by molar-refractivity contribution is -0.143. The number of carbonyl (C=O) groups is 1. The van der Waals surface area contributed by atoms with Crippen molar-refractivity contribution in [2.45, 2.75) is 69.3 Å². The summed E-state index contributed by atoms with van der Waals surface area (Å²) in [5.41, 5.74) is 1.83. The lowest BCUT2D eigenvalue weighted by Crippen LogP contribution is -2.46. The van der Waals surface area contributed by atoms with Gasteiger partial charge in [0.15, 0.2) is 8.32 Å². The third-order valence-corrected chi connectivity index (χ3v) is 12.0. The van der Waals surface area contributed by atoms with E-state index in [1.54, 1.807) is 12.1 Å². The van der Waals surface area contributed by atoms with Gasteiger partial charge in [-0.2, -0.15) is 4.72 Å². The molecule has 2 atom stereocenters. The van der Waals surface area contributed by atoms with Gasteiger partial charge in [-0.1, -0.05) is 68.8 Å². The first-order valence-corrected chi connectivity index (χ1v) is 15.1. The van der Waals surface area contributed by atoms with Gasteiger partial charge in [0.1, 0.15) is 6.04 Å². The maximum absolute atomic E-state index is 13.0. The molecule has 2 rings (SSSR count). The fourth-order valence-electron chi connectivity index (χ4n) is 2.97. The van der Waals surface area contributed by atoms with Crippen molar-refractivity contribution in [3.05, 3.63) is 65.7 Å². The molecule has 0 saturated heterocycles. The van der Waals surface area contributed by atoms with Crippen LogP contribution in [0.5, 0.6) is 0 Å². The summed E-state index contributed by atoms with van der Waals surface area (Å²) in [4.78, 5) is 12.7. The lowest BCUT2D eigenvalue weighted by atomic mass is 10.0. The van der Waals surface area contributed by atoms with Gasteiger partial charge in [0.25, 0.3) is 0 Å². The predicted molar refractivity (Wildman–Crippen MR) is 129 cm³/mol. The number of rotatable bonds is 9. The van der Waals surface area contributed by atoms with E-state index in [4.69, 9.17) is 9.16 Å². The normalized spacial score (nSPS) is 14.6. The molecule has 0 saturated carbocycles. The molecule has 2 aromatic carbocycles. The molecule has 0 aliphatic carbocycles. The molecular formula is C24H35NO5SSi. The summed E-state index contributed by atoms with van der Waals surface area (Å²) >= 11 is 0. The number of benzene rings is 2. The minimum Gasteiger partial charge on any atom is -0.468 e. The Morgan fingerprint density at radius 1 is 1.03 bits per heavy atom. The van der Waals surface area contributed by atoms with Crippen molar-refractivity contribution in [1.82, 2.24) is 4.72 Å². The summed E-state index contributed by atoms with van der Waals surface area (Å²) < 4.78 is 40.1. The van der Waals surface area contributed by atoms with Crippen molar-refractivity contribution in [1.29, 1.82) is 0 Å². The third kappa shape index (κ3) is 6.75. The van der Waals surface area contributed by atoms with Crippen LogP contribution in [0.3, 0.4) is 0 Å². The highest BCUT2D eigenvalue weighted by Gasteiger charge is 2.41. The molecule has 0 amide bonds. The molecule has 2 aromatic rings. The van der Waals surface area contributed by atoms with Crippen molar-refractivity contribution in [2.75, 3.05) is 7.11 Å². The summed E-state index contributed by atoms with van der Waals surface area (Å²) in [7, 11) is -4.90. The Labute approximate surface area is 193 Å². The highest BCUT2D eigenvalue weighted by Crippen LogP contribution is 2.41. The number of nitrogens with one attached hydrogen (secondary N) is 1. The quantitative estimate of drug-likeness (QED) is 0.407. The highest BCUT2D eigenvalue weighted by atomic mass is 32.2. The molecule has 0 radical (unpaired) electrons. The van der Waals surface area contributed by atoms with Gasteiger partial charge in [0.2, 0.25) is 10.0 Å². The zero-order valence-electron chi connectivity index (χ0n) is 20.0. The molecule has 1 unspecified atom stereocenters. The van der Waals surface area contributed by atoms with Gasteiger partial charge < -0.3 is 9.16 Å². The zero-order valence-corrected chi connectivity index (χ0v) is 21.8. The van der Waals surface area contributed by atoms with Crippen LogP contribution in [0.25, 0.3) is 0 Å². The lowest BCUT2D eigenvalue weighted by Gasteiger charge is -2.40. The van der Waals surface area contributed by atoms with Gasteiger partial charge in [0.05, 0.1) is 18.1 Å². The number of hydrogen-bond acceptors (Lipinski definition) is 5. The topological polar surface area (TPSA) is 81.7 Å². The molecule has 176 valence electrons. The van der Waals surface area contributed by atoms with E-state index in [0.29, 0.717) is 0 Å². The van der Waals surface area contributed by atoms with Gasteiger partial charge in [-0.15, -0.1) is 0 Å². The summed E-state index contributed by atoms with van der Waals surface area (Å²) in [5, 5.41) is -0.0534. The van der Waals surface area contributed by atoms with E-state index >= 15 is 0 Å². The zero-order chi connectivity index (χ0) is 24.2. The van der Waals surface area contributed by atoms with E-state index in [2.05, 4.69) is 38.6 Å². The molecule has 6 nitrogen and oxygen atoms in total. The maximum atomic E-state index is 13.0. The summed E-state index contributed by atoms with van der Waals surface area (Å²) in [6, 6.07) is 15.0. The van der Waals surface area contributed by atoms with Crippen molar-refractivity contribution in [3.8, 4) is 0 Å². The Morgan fingerprint density at radius 3 is 2.09 bits per heavy atom. The summed E-state index contributed by atoms with van der Waals surface area (Å²) in [5.74, 6) is -0.652. The molecule has 0 aliphatic heterocycles. The van der Waals surface area contributed by atoms with Gasteiger partial charge >= 0.3 is 5.97 Å². The Balaban J connectivity index is 2.39. The molecule has 0 aromatic heterocycles. The molecule has 0 spiro atoms. The van der Waals surface area contributed by atoms with Crippen LogP contribution in [0.4, 0.5) is 0 Å². The fraction of sp³-hybridized carbons (Fsp3) is 0.458. The number of ether oxygens (including phenoxy) is 1. The number of esters is 1. The maximum Gasteiger partial charge on any atom is 0.324 e. The second-order valence-electron chi connectivity index (χ2n) is 9.52. The highest BCUT2D eigenvalue weighted by molar-refractivity contribution is 7.89. The Hall–Kier alpha value is -2.00. The van der Waals surface area contributed by atoms with E-state index in [1.807, 2.05) is 37.3 Å². The Morgan fingerprint density at radius 2 is 1.59 bits per heavy atom. The van der Waals surface area contributed by atoms with Crippen LogP contribution in [0, 0.1) is 6.92 Å². The van der Waals surface area contributed by atoms with E-state index in [-0.39, 0.29) is 16.4 Å². The van der Waals surface area contributed by atoms with Crippen LogP contribution in [0.2, 0.25) is 18.1 Å². The van der Waals surface area contributed by atoms with Gasteiger partial charge in [-0.05, 0) is 42.8 Å². The van der Waals surface area contributed by atoms with Crippen molar-refractivity contribution < 1.29 is 22.4 Å². The summed E-state index contributed by atoms with van der Waals surface area (Å²) in [6.45, 7) is 12.6. The van der Waals surface area contributed by atoms with Crippen LogP contribution in [-0.4, -0.2) is 35.9 Å². The number of hydrogen-bond donors (Lipinski definition) is 1. The van der Waals surface area contributed by atoms with Crippen LogP contribution in [-0.2, 0) is 24.0 Å². The molecule has 1 N–H and O–H groups in total. The Kier molecular flexibility index (Phi) is 8.44. The number of methoxy groups -OCH3 is 1. The standard InChI is InChI=1S/C24H35NO5SSi/c1-18-13-15-20(16-14-18)31(27,28)25-21(23(26)29-5)17-22(19-11-9-8-10-12-19)30-32(6,7)24(2,3)4/h8-16,21-22,25H,17H2,1-7H3/t21-,22?/m0/s1. The second-order valence-corrected chi connectivity index (χ2v) is 16.0. The molecule has 0 heterocycles.